The molecule has 10 heteroatoms. The van der Waals surface area contributed by atoms with E-state index in [1.807, 2.05) is 0 Å². The number of methoxy groups -OCH3 is 1. The summed E-state index contributed by atoms with van der Waals surface area (Å²) < 4.78 is 24.8. The van der Waals surface area contributed by atoms with Crippen LogP contribution in [0.1, 0.15) is 55.9 Å². The summed E-state index contributed by atoms with van der Waals surface area (Å²) in [4.78, 5) is 40.1. The second kappa shape index (κ2) is 12.3. The van der Waals surface area contributed by atoms with Gasteiger partial charge in [-0.15, -0.1) is 0 Å². The number of amides is 3. The highest BCUT2D eigenvalue weighted by atomic mass is 19.1. The molecule has 2 N–H and O–H groups in total. The van der Waals surface area contributed by atoms with Gasteiger partial charge < -0.3 is 24.8 Å². The van der Waals surface area contributed by atoms with Crippen molar-refractivity contribution in [2.24, 2.45) is 0 Å². The second-order valence-corrected chi connectivity index (χ2v) is 8.36. The van der Waals surface area contributed by atoms with E-state index < -0.39 is 29.6 Å². The molecule has 1 fully saturated rings. The molecule has 184 valence electrons. The van der Waals surface area contributed by atoms with Crippen molar-refractivity contribution in [1.82, 2.24) is 15.4 Å². The Morgan fingerprint density at radius 3 is 2.62 bits per heavy atom. The molecule has 1 aromatic heterocycles. The Morgan fingerprint density at radius 1 is 1.24 bits per heavy atom. The van der Waals surface area contributed by atoms with Crippen molar-refractivity contribution < 1.29 is 28.0 Å². The molecule has 1 heterocycles. The van der Waals surface area contributed by atoms with Crippen LogP contribution < -0.4 is 10.6 Å². The Labute approximate surface area is 198 Å². The van der Waals surface area contributed by atoms with Crippen molar-refractivity contribution in [2.45, 2.75) is 57.5 Å². The van der Waals surface area contributed by atoms with Crippen LogP contribution in [0.2, 0.25) is 0 Å². The third-order valence-electron chi connectivity index (χ3n) is 5.78. The Morgan fingerprint density at radius 2 is 1.97 bits per heavy atom. The van der Waals surface area contributed by atoms with Crippen molar-refractivity contribution >= 4 is 23.5 Å². The lowest BCUT2D eigenvalue weighted by Gasteiger charge is -2.32. The van der Waals surface area contributed by atoms with E-state index in [9.17, 15) is 18.8 Å². The van der Waals surface area contributed by atoms with Gasteiger partial charge >= 0.3 is 0 Å². The number of nitrogens with zero attached hydrogens (tertiary/aromatic N) is 2. The predicted molar refractivity (Wildman–Crippen MR) is 122 cm³/mol. The maximum absolute atomic E-state index is 14.8. The normalized spacial score (nSPS) is 14.6. The topological polar surface area (TPSA) is 114 Å². The van der Waals surface area contributed by atoms with E-state index in [-0.39, 0.29) is 43.4 Å². The van der Waals surface area contributed by atoms with Gasteiger partial charge in [-0.2, -0.15) is 0 Å². The van der Waals surface area contributed by atoms with Crippen molar-refractivity contribution in [3.63, 3.8) is 0 Å². The molecule has 1 saturated carbocycles. The Kier molecular flexibility index (Phi) is 9.15. The SMILES string of the molecule is COCCN(C(=O)CCC(=O)Nc1cc(C)on1)[C@@H](C(=O)NC1CCCC1)c1ccccc1F. The average Bonchev–Trinajstić information content (AvgIpc) is 3.47. The fourth-order valence-corrected chi connectivity index (χ4v) is 4.08. The molecule has 9 nitrogen and oxygen atoms in total. The third-order valence-corrected chi connectivity index (χ3v) is 5.78. The minimum Gasteiger partial charge on any atom is -0.383 e. The monoisotopic (exact) mass is 474 g/mol. The molecule has 1 aromatic carbocycles. The van der Waals surface area contributed by atoms with Crippen molar-refractivity contribution in [3.8, 4) is 0 Å². The fourth-order valence-electron chi connectivity index (χ4n) is 4.08. The molecule has 0 saturated heterocycles. The summed E-state index contributed by atoms with van der Waals surface area (Å²) >= 11 is 0. The third kappa shape index (κ3) is 6.86. The number of aryl methyl sites for hydroxylation is 1. The second-order valence-electron chi connectivity index (χ2n) is 8.36. The summed E-state index contributed by atoms with van der Waals surface area (Å²) in [5, 5.41) is 9.24. The number of carbonyl (C=O) groups excluding carboxylic acids is 3. The molecule has 0 aliphatic heterocycles. The minimum absolute atomic E-state index is 0.00200. The molecule has 1 aliphatic rings. The van der Waals surface area contributed by atoms with E-state index in [0.717, 1.165) is 25.7 Å². The van der Waals surface area contributed by atoms with Gasteiger partial charge in [0.05, 0.1) is 6.61 Å². The molecule has 3 rings (SSSR count). The van der Waals surface area contributed by atoms with Crippen LogP contribution in [0, 0.1) is 12.7 Å². The van der Waals surface area contributed by atoms with Gasteiger partial charge in [0.2, 0.25) is 17.7 Å². The Bertz CT molecular complexity index is 989. The first kappa shape index (κ1) is 25.4. The average molecular weight is 475 g/mol. The molecule has 0 unspecified atom stereocenters. The fraction of sp³-hybridized carbons (Fsp3) is 0.500. The summed E-state index contributed by atoms with van der Waals surface area (Å²) in [6.07, 6.45) is 3.42. The minimum atomic E-state index is -1.18. The van der Waals surface area contributed by atoms with E-state index in [4.69, 9.17) is 9.26 Å². The summed E-state index contributed by atoms with van der Waals surface area (Å²) in [6.45, 7) is 1.91. The summed E-state index contributed by atoms with van der Waals surface area (Å²) in [6, 6.07) is 6.30. The first-order valence-electron chi connectivity index (χ1n) is 11.5. The highest BCUT2D eigenvalue weighted by Gasteiger charge is 2.34. The smallest absolute Gasteiger partial charge is 0.247 e. The molecule has 3 amide bonds. The number of anilines is 1. The van der Waals surface area contributed by atoms with Gasteiger partial charge in [-0.05, 0) is 25.8 Å². The molecular weight excluding hydrogens is 443 g/mol. The number of hydrogen-bond acceptors (Lipinski definition) is 6. The quantitative estimate of drug-likeness (QED) is 0.517. The van der Waals surface area contributed by atoms with Gasteiger partial charge in [-0.3, -0.25) is 14.4 Å². The number of halogens is 1. The van der Waals surface area contributed by atoms with Gasteiger partial charge in [-0.1, -0.05) is 36.2 Å². The Balaban J connectivity index is 1.77. The zero-order valence-corrected chi connectivity index (χ0v) is 19.5. The van der Waals surface area contributed by atoms with Crippen LogP contribution in [0.3, 0.4) is 0 Å². The van der Waals surface area contributed by atoms with E-state index in [2.05, 4.69) is 15.8 Å². The number of aromatic nitrogens is 1. The zero-order chi connectivity index (χ0) is 24.5. The van der Waals surface area contributed by atoms with Crippen LogP contribution in [0.15, 0.2) is 34.9 Å². The van der Waals surface area contributed by atoms with Gasteiger partial charge in [0.25, 0.3) is 0 Å². The van der Waals surface area contributed by atoms with Crippen LogP contribution in [-0.4, -0.2) is 54.1 Å². The maximum atomic E-state index is 14.8. The predicted octanol–water partition coefficient (Wildman–Crippen LogP) is 3.12. The first-order chi connectivity index (χ1) is 16.4. The number of ether oxygens (including phenoxy) is 1. The van der Waals surface area contributed by atoms with Crippen LogP contribution in [0.25, 0.3) is 0 Å². The lowest BCUT2D eigenvalue weighted by atomic mass is 10.0. The number of nitrogens with one attached hydrogen (secondary N) is 2. The molecule has 2 aromatic rings. The van der Waals surface area contributed by atoms with E-state index >= 15 is 0 Å². The lowest BCUT2D eigenvalue weighted by molar-refractivity contribution is -0.142. The molecule has 1 atom stereocenters. The first-order valence-corrected chi connectivity index (χ1v) is 11.5. The summed E-state index contributed by atoms with van der Waals surface area (Å²) in [5.74, 6) is -1.11. The Hall–Kier alpha value is -3.27. The van der Waals surface area contributed by atoms with E-state index in [0.29, 0.717) is 5.76 Å². The number of benzene rings is 1. The molecule has 0 spiro atoms. The van der Waals surface area contributed by atoms with Crippen LogP contribution in [-0.2, 0) is 19.1 Å². The highest BCUT2D eigenvalue weighted by molar-refractivity contribution is 5.94. The molecule has 0 radical (unpaired) electrons. The van der Waals surface area contributed by atoms with Gasteiger partial charge in [0.1, 0.15) is 17.6 Å². The van der Waals surface area contributed by atoms with Gasteiger partial charge in [0, 0.05) is 44.2 Å². The van der Waals surface area contributed by atoms with Crippen molar-refractivity contribution in [1.29, 1.82) is 0 Å². The van der Waals surface area contributed by atoms with Crippen LogP contribution >= 0.6 is 0 Å². The van der Waals surface area contributed by atoms with Crippen LogP contribution in [0.4, 0.5) is 10.2 Å². The number of carbonyl (C=O) groups is 3. The van der Waals surface area contributed by atoms with Crippen LogP contribution in [0.5, 0.6) is 0 Å². The summed E-state index contributed by atoms with van der Waals surface area (Å²) in [5.41, 5.74) is 0.102. The molecule has 34 heavy (non-hydrogen) atoms. The van der Waals surface area contributed by atoms with Crippen molar-refractivity contribution in [2.75, 3.05) is 25.6 Å². The largest absolute Gasteiger partial charge is 0.383 e. The highest BCUT2D eigenvalue weighted by Crippen LogP contribution is 2.27. The molecule has 1 aliphatic carbocycles. The maximum Gasteiger partial charge on any atom is 0.247 e. The van der Waals surface area contributed by atoms with E-state index in [1.54, 1.807) is 19.1 Å². The van der Waals surface area contributed by atoms with E-state index in [1.165, 1.54) is 30.2 Å². The zero-order valence-electron chi connectivity index (χ0n) is 19.5. The number of rotatable bonds is 11. The lowest BCUT2D eigenvalue weighted by Crippen LogP contribution is -2.47. The van der Waals surface area contributed by atoms with Crippen molar-refractivity contribution in [3.05, 3.63) is 47.5 Å². The molecular formula is C24H31FN4O5. The molecule has 0 bridgehead atoms. The number of hydrogen-bond donors (Lipinski definition) is 2. The summed E-state index contributed by atoms with van der Waals surface area (Å²) in [7, 11) is 1.48. The van der Waals surface area contributed by atoms with Gasteiger partial charge in [-0.25, -0.2) is 4.39 Å². The van der Waals surface area contributed by atoms with Gasteiger partial charge in [0.15, 0.2) is 5.82 Å². The standard InChI is InChI=1S/C24H31FN4O5/c1-16-15-20(28-34-16)27-21(30)11-12-22(31)29(13-14-33-2)23(18-9-5-6-10-19(18)25)24(32)26-17-7-3-4-8-17/h5-6,9-10,15,17,23H,3-4,7-8,11-14H2,1-2H3,(H,26,32)(H,27,28,30)/t23-/m1/s1.